The zero-order chi connectivity index (χ0) is 25.6. The Morgan fingerprint density at radius 1 is 1.03 bits per heavy atom. The molecule has 3 aromatic heterocycles. The number of halogens is 2. The van der Waals surface area contributed by atoms with Crippen LogP contribution in [0.4, 0.5) is 30.3 Å². The lowest BCUT2D eigenvalue weighted by atomic mass is 10.2. The van der Waals surface area contributed by atoms with E-state index in [9.17, 15) is 13.6 Å². The summed E-state index contributed by atoms with van der Waals surface area (Å²) < 4.78 is 40.3. The van der Waals surface area contributed by atoms with E-state index in [1.165, 1.54) is 17.4 Å². The molecule has 2 aromatic carbocycles. The van der Waals surface area contributed by atoms with Crippen molar-refractivity contribution in [3.05, 3.63) is 60.2 Å². The van der Waals surface area contributed by atoms with Gasteiger partial charge in [0.2, 0.25) is 11.8 Å². The molecule has 0 saturated carbocycles. The normalized spacial score (nSPS) is 11.7. The maximum atomic E-state index is 14.3. The van der Waals surface area contributed by atoms with E-state index < -0.39 is 23.3 Å². The molecule has 0 radical (unpaired) electrons. The van der Waals surface area contributed by atoms with Gasteiger partial charge in [-0.15, -0.1) is 0 Å². The summed E-state index contributed by atoms with van der Waals surface area (Å²) in [6.07, 6.45) is -0.744. The number of aromatic nitrogens is 4. The van der Waals surface area contributed by atoms with Crippen molar-refractivity contribution in [1.82, 2.24) is 19.5 Å². The van der Waals surface area contributed by atoms with Crippen LogP contribution in [0.15, 0.2) is 48.5 Å². The maximum absolute atomic E-state index is 14.3. The lowest BCUT2D eigenvalue weighted by Crippen LogP contribution is -2.27. The Bertz CT molecular complexity index is 1630. The van der Waals surface area contributed by atoms with Crippen molar-refractivity contribution >= 4 is 55.6 Å². The van der Waals surface area contributed by atoms with Crippen LogP contribution in [0.2, 0.25) is 0 Å². The van der Waals surface area contributed by atoms with E-state index in [4.69, 9.17) is 15.2 Å². The van der Waals surface area contributed by atoms with Gasteiger partial charge in [-0.1, -0.05) is 11.3 Å². The Balaban J connectivity index is 1.56. The average molecular weight is 511 g/mol. The Hall–Kier alpha value is -4.32. The molecule has 36 heavy (non-hydrogen) atoms. The first-order valence-electron chi connectivity index (χ1n) is 10.7. The Labute approximate surface area is 207 Å². The van der Waals surface area contributed by atoms with E-state index in [0.29, 0.717) is 38.1 Å². The van der Waals surface area contributed by atoms with Crippen molar-refractivity contribution in [2.24, 2.45) is 0 Å². The van der Waals surface area contributed by atoms with E-state index in [2.05, 4.69) is 20.3 Å². The minimum absolute atomic E-state index is 0.0124. The Morgan fingerprint density at radius 3 is 2.56 bits per heavy atom. The number of imidazole rings is 1. The van der Waals surface area contributed by atoms with Crippen molar-refractivity contribution in [3.63, 3.8) is 0 Å². The quantitative estimate of drug-likeness (QED) is 0.293. The van der Waals surface area contributed by atoms with E-state index in [-0.39, 0.29) is 11.6 Å². The number of anilines is 3. The van der Waals surface area contributed by atoms with Crippen LogP contribution in [0.25, 0.3) is 21.4 Å². The summed E-state index contributed by atoms with van der Waals surface area (Å²) in [4.78, 5) is 26.8. The number of nitrogens with one attached hydrogen (secondary N) is 1. The van der Waals surface area contributed by atoms with Gasteiger partial charge in [0, 0.05) is 18.2 Å². The lowest BCUT2D eigenvalue weighted by molar-refractivity contribution is 0.0547. The Kier molecular flexibility index (Phi) is 5.67. The molecule has 0 spiro atoms. The molecule has 0 bridgehead atoms. The summed E-state index contributed by atoms with van der Waals surface area (Å²) in [6.45, 7) is 5.16. The van der Waals surface area contributed by atoms with E-state index in [0.717, 1.165) is 16.7 Å². The molecule has 0 amide bonds. The third-order valence-electron chi connectivity index (χ3n) is 4.85. The summed E-state index contributed by atoms with van der Waals surface area (Å²) in [6, 6.07) is 11.3. The SMILES string of the molecule is CC(C)(C)OC(=O)n1c(Nc2ccc(F)cc2F)nc2ccc(Oc3ccc4nc(N)sc4n3)cc21. The van der Waals surface area contributed by atoms with Crippen LogP contribution >= 0.6 is 11.3 Å². The highest BCUT2D eigenvalue weighted by Crippen LogP contribution is 2.31. The monoisotopic (exact) mass is 510 g/mol. The molecule has 5 rings (SSSR count). The molecule has 0 atom stereocenters. The predicted octanol–water partition coefficient (Wildman–Crippen LogP) is 6.22. The number of hydrogen-bond donors (Lipinski definition) is 2. The fourth-order valence-corrected chi connectivity index (χ4v) is 4.10. The number of thiazole rings is 1. The second-order valence-corrected chi connectivity index (χ2v) is 9.79. The van der Waals surface area contributed by atoms with Gasteiger partial charge in [-0.2, -0.15) is 0 Å². The molecule has 3 N–H and O–H groups in total. The van der Waals surface area contributed by atoms with Gasteiger partial charge in [0.05, 0.1) is 16.7 Å². The predicted molar refractivity (Wildman–Crippen MR) is 133 cm³/mol. The fraction of sp³-hybridized carbons (Fsp3) is 0.167. The Morgan fingerprint density at radius 2 is 1.81 bits per heavy atom. The number of fused-ring (bicyclic) bond motifs is 2. The minimum atomic E-state index is -0.841. The average Bonchev–Trinajstić information content (AvgIpc) is 3.33. The number of benzene rings is 2. The lowest BCUT2D eigenvalue weighted by Gasteiger charge is -2.20. The maximum Gasteiger partial charge on any atom is 0.421 e. The number of nitrogens with zero attached hydrogens (tertiary/aromatic N) is 4. The number of ether oxygens (including phenoxy) is 2. The zero-order valence-corrected chi connectivity index (χ0v) is 20.2. The summed E-state index contributed by atoms with van der Waals surface area (Å²) in [7, 11) is 0. The van der Waals surface area contributed by atoms with Crippen LogP contribution in [0.1, 0.15) is 20.8 Å². The van der Waals surface area contributed by atoms with Crippen molar-refractivity contribution < 1.29 is 23.0 Å². The number of rotatable bonds is 4. The first-order chi connectivity index (χ1) is 17.1. The first-order valence-corrected chi connectivity index (χ1v) is 11.6. The van der Waals surface area contributed by atoms with Gasteiger partial charge < -0.3 is 20.5 Å². The highest BCUT2D eigenvalue weighted by atomic mass is 32.1. The molecule has 0 fully saturated rings. The van der Waals surface area contributed by atoms with E-state index in [1.807, 2.05) is 0 Å². The second kappa shape index (κ2) is 8.72. The van der Waals surface area contributed by atoms with Crippen LogP contribution in [-0.4, -0.2) is 31.2 Å². The van der Waals surface area contributed by atoms with E-state index in [1.54, 1.807) is 51.1 Å². The molecular formula is C24H20F2N6O3S. The number of carbonyl (C=O) groups is 1. The smallest absolute Gasteiger partial charge is 0.421 e. The minimum Gasteiger partial charge on any atom is -0.443 e. The van der Waals surface area contributed by atoms with Crippen LogP contribution < -0.4 is 15.8 Å². The van der Waals surface area contributed by atoms with Crippen LogP contribution in [-0.2, 0) is 4.74 Å². The molecule has 12 heteroatoms. The molecule has 0 aliphatic heterocycles. The van der Waals surface area contributed by atoms with Gasteiger partial charge in [-0.05, 0) is 51.1 Å². The van der Waals surface area contributed by atoms with Gasteiger partial charge in [0.1, 0.15) is 33.3 Å². The van der Waals surface area contributed by atoms with Crippen molar-refractivity contribution in [2.45, 2.75) is 26.4 Å². The van der Waals surface area contributed by atoms with Crippen LogP contribution in [0.5, 0.6) is 11.6 Å². The number of carbonyl (C=O) groups excluding carboxylic acids is 1. The fourth-order valence-electron chi connectivity index (χ4n) is 3.40. The summed E-state index contributed by atoms with van der Waals surface area (Å²) in [5.41, 5.74) is 6.29. The summed E-state index contributed by atoms with van der Waals surface area (Å²) >= 11 is 1.24. The van der Waals surface area contributed by atoms with Gasteiger partial charge in [-0.25, -0.2) is 33.1 Å². The van der Waals surface area contributed by atoms with Gasteiger partial charge in [0.25, 0.3) is 0 Å². The van der Waals surface area contributed by atoms with Crippen molar-refractivity contribution in [3.8, 4) is 11.6 Å². The molecule has 0 unspecified atom stereocenters. The highest BCUT2D eigenvalue weighted by molar-refractivity contribution is 7.21. The standard InChI is InChI=1S/C24H20F2N6O3S/c1-24(2,3)35-23(33)32-18-11-13(34-19-9-8-17-20(31-19)36-21(27)28-17)5-7-16(18)30-22(32)29-15-6-4-12(25)10-14(15)26/h4-11H,1-3H3,(H2,27,28)(H,29,30). The molecule has 3 heterocycles. The molecule has 5 aromatic rings. The zero-order valence-electron chi connectivity index (χ0n) is 19.4. The number of nitrogen functional groups attached to an aromatic ring is 1. The second-order valence-electron chi connectivity index (χ2n) is 8.78. The summed E-state index contributed by atoms with van der Waals surface area (Å²) in [5.74, 6) is -0.904. The van der Waals surface area contributed by atoms with Gasteiger partial charge in [0.15, 0.2) is 5.13 Å². The number of hydrogen-bond acceptors (Lipinski definition) is 9. The van der Waals surface area contributed by atoms with E-state index >= 15 is 0 Å². The van der Waals surface area contributed by atoms with Crippen molar-refractivity contribution in [1.29, 1.82) is 0 Å². The third-order valence-corrected chi connectivity index (χ3v) is 5.64. The van der Waals surface area contributed by atoms with Crippen molar-refractivity contribution in [2.75, 3.05) is 11.1 Å². The number of nitrogens with two attached hydrogens (primary N) is 1. The molecule has 0 aliphatic rings. The molecule has 0 aliphatic carbocycles. The molecule has 0 saturated heterocycles. The highest BCUT2D eigenvalue weighted by Gasteiger charge is 2.24. The van der Waals surface area contributed by atoms with Crippen LogP contribution in [0.3, 0.4) is 0 Å². The van der Waals surface area contributed by atoms with Crippen LogP contribution in [0, 0.1) is 11.6 Å². The molecule has 184 valence electrons. The molecule has 9 nitrogen and oxygen atoms in total. The van der Waals surface area contributed by atoms with Gasteiger partial charge >= 0.3 is 6.09 Å². The number of pyridine rings is 1. The largest absolute Gasteiger partial charge is 0.443 e. The third kappa shape index (κ3) is 4.75. The first kappa shape index (κ1) is 23.4. The molecular weight excluding hydrogens is 490 g/mol. The van der Waals surface area contributed by atoms with Gasteiger partial charge in [-0.3, -0.25) is 0 Å². The summed E-state index contributed by atoms with van der Waals surface area (Å²) in [5, 5.41) is 3.15. The topological polar surface area (TPSA) is 117 Å².